The molecule has 1 N–H and O–H groups in total. The maximum Gasteiger partial charge on any atom is 0.220 e. The molecule has 1 aliphatic carbocycles. The Bertz CT molecular complexity index is 275. The first kappa shape index (κ1) is 16.8. The molecular weight excluding hydrogens is 262 g/mol. The highest BCUT2D eigenvalue weighted by Gasteiger charge is 2.31. The number of alkyl halides is 1. The molecule has 0 aromatic heterocycles. The first-order valence-corrected chi connectivity index (χ1v) is 7.94. The van der Waals surface area contributed by atoms with Crippen LogP contribution in [0.4, 0.5) is 0 Å². The van der Waals surface area contributed by atoms with Gasteiger partial charge in [0.25, 0.3) is 0 Å². The number of halogens is 1. The predicted octanol–water partition coefficient (Wildman–Crippen LogP) is 3.35. The Morgan fingerprint density at radius 3 is 2.68 bits per heavy atom. The highest BCUT2D eigenvalue weighted by molar-refractivity contribution is 6.17. The van der Waals surface area contributed by atoms with Gasteiger partial charge in [-0.15, -0.1) is 11.6 Å². The lowest BCUT2D eigenvalue weighted by atomic mass is 9.79. The van der Waals surface area contributed by atoms with Crippen molar-refractivity contribution in [1.82, 2.24) is 5.32 Å². The summed E-state index contributed by atoms with van der Waals surface area (Å²) in [4.78, 5) is 11.9. The summed E-state index contributed by atoms with van der Waals surface area (Å²) in [5.74, 6) is 1.39. The Labute approximate surface area is 122 Å². The zero-order valence-electron chi connectivity index (χ0n) is 12.5. The first-order valence-electron chi connectivity index (χ1n) is 7.41. The van der Waals surface area contributed by atoms with Crippen LogP contribution in [0.1, 0.15) is 52.9 Å². The Morgan fingerprint density at radius 2 is 2.11 bits per heavy atom. The molecule has 0 aromatic rings. The Hall–Kier alpha value is -0.280. The lowest BCUT2D eigenvalue weighted by Crippen LogP contribution is -2.38. The Kier molecular flexibility index (Phi) is 7.16. The molecule has 0 aliphatic heterocycles. The van der Waals surface area contributed by atoms with Crippen LogP contribution in [0, 0.1) is 11.3 Å². The number of amides is 1. The first-order chi connectivity index (χ1) is 8.96. The van der Waals surface area contributed by atoms with E-state index in [1.165, 1.54) is 0 Å². The van der Waals surface area contributed by atoms with Crippen LogP contribution in [-0.2, 0) is 9.53 Å². The third-order valence-electron chi connectivity index (χ3n) is 3.82. The zero-order chi connectivity index (χ0) is 14.3. The second-order valence-electron chi connectivity index (χ2n) is 6.35. The molecule has 19 heavy (non-hydrogen) atoms. The third-order valence-corrected chi connectivity index (χ3v) is 4.09. The van der Waals surface area contributed by atoms with E-state index in [4.69, 9.17) is 16.3 Å². The molecule has 0 saturated heterocycles. The summed E-state index contributed by atoms with van der Waals surface area (Å²) in [5, 5.41) is 3.05. The largest absolute Gasteiger partial charge is 0.378 e. The minimum Gasteiger partial charge on any atom is -0.378 e. The summed E-state index contributed by atoms with van der Waals surface area (Å²) in [6.45, 7) is 7.88. The molecule has 1 rings (SSSR count). The number of nitrogens with one attached hydrogen (secondary N) is 1. The van der Waals surface area contributed by atoms with Gasteiger partial charge in [-0.05, 0) is 43.9 Å². The third kappa shape index (κ3) is 6.62. The van der Waals surface area contributed by atoms with Crippen molar-refractivity contribution in [1.29, 1.82) is 0 Å². The van der Waals surface area contributed by atoms with Crippen LogP contribution in [-0.4, -0.2) is 31.0 Å². The minimum absolute atomic E-state index is 0.137. The van der Waals surface area contributed by atoms with Crippen molar-refractivity contribution in [3.05, 3.63) is 0 Å². The molecule has 0 spiro atoms. The Morgan fingerprint density at radius 1 is 1.42 bits per heavy atom. The average molecular weight is 290 g/mol. The molecule has 0 atom stereocenters. The number of carbonyl (C=O) groups excluding carboxylic acids is 1. The van der Waals surface area contributed by atoms with Crippen LogP contribution in [0.25, 0.3) is 0 Å². The van der Waals surface area contributed by atoms with Crippen LogP contribution in [0.3, 0.4) is 0 Å². The predicted molar refractivity (Wildman–Crippen MR) is 79.5 cm³/mol. The molecule has 0 radical (unpaired) electrons. The second kappa shape index (κ2) is 8.11. The van der Waals surface area contributed by atoms with E-state index < -0.39 is 0 Å². The normalized spacial score (nSPS) is 22.9. The van der Waals surface area contributed by atoms with E-state index >= 15 is 0 Å². The van der Waals surface area contributed by atoms with E-state index in [2.05, 4.69) is 19.2 Å². The summed E-state index contributed by atoms with van der Waals surface area (Å²) < 4.78 is 5.50. The van der Waals surface area contributed by atoms with Crippen LogP contribution in [0.15, 0.2) is 0 Å². The van der Waals surface area contributed by atoms with Crippen molar-refractivity contribution < 1.29 is 9.53 Å². The maximum atomic E-state index is 11.9. The van der Waals surface area contributed by atoms with Crippen molar-refractivity contribution in [2.24, 2.45) is 11.3 Å². The summed E-state index contributed by atoms with van der Waals surface area (Å²) in [6.07, 6.45) is 5.17. The molecule has 112 valence electrons. The monoisotopic (exact) mass is 289 g/mol. The van der Waals surface area contributed by atoms with Gasteiger partial charge < -0.3 is 10.1 Å². The number of ether oxygens (including phenoxy) is 1. The van der Waals surface area contributed by atoms with Gasteiger partial charge in [-0.1, -0.05) is 13.8 Å². The maximum absolute atomic E-state index is 11.9. The number of hydrogen-bond donors (Lipinski definition) is 1. The fraction of sp³-hybridized carbons (Fsp3) is 0.933. The summed E-state index contributed by atoms with van der Waals surface area (Å²) in [6, 6.07) is 0. The fourth-order valence-corrected chi connectivity index (χ4v) is 2.65. The SMILES string of the molecule is CCOC1CC(CC(=O)NCC(C)(C)CCCCl)C1. The molecule has 0 heterocycles. The van der Waals surface area contributed by atoms with E-state index in [9.17, 15) is 4.79 Å². The van der Waals surface area contributed by atoms with Gasteiger partial charge in [-0.3, -0.25) is 4.79 Å². The molecule has 1 fully saturated rings. The van der Waals surface area contributed by atoms with Gasteiger partial charge >= 0.3 is 0 Å². The van der Waals surface area contributed by atoms with E-state index in [1.807, 2.05) is 6.92 Å². The molecule has 1 saturated carbocycles. The molecular formula is C15H28ClNO2. The molecule has 1 amide bonds. The lowest BCUT2D eigenvalue weighted by Gasteiger charge is -2.34. The summed E-state index contributed by atoms with van der Waals surface area (Å²) in [5.41, 5.74) is 0.137. The average Bonchev–Trinajstić information content (AvgIpc) is 2.32. The molecule has 0 unspecified atom stereocenters. The lowest BCUT2D eigenvalue weighted by molar-refractivity contribution is -0.124. The summed E-state index contributed by atoms with van der Waals surface area (Å²) in [7, 11) is 0. The van der Waals surface area contributed by atoms with Crippen LogP contribution >= 0.6 is 11.6 Å². The molecule has 3 nitrogen and oxygen atoms in total. The highest BCUT2D eigenvalue weighted by Crippen LogP contribution is 2.32. The van der Waals surface area contributed by atoms with E-state index in [1.54, 1.807) is 0 Å². The van der Waals surface area contributed by atoms with Crippen LogP contribution in [0.5, 0.6) is 0 Å². The molecule has 0 bridgehead atoms. The smallest absolute Gasteiger partial charge is 0.220 e. The number of carbonyl (C=O) groups is 1. The van der Waals surface area contributed by atoms with E-state index in [0.29, 0.717) is 24.3 Å². The second-order valence-corrected chi connectivity index (χ2v) is 6.73. The minimum atomic E-state index is 0.137. The van der Waals surface area contributed by atoms with Crippen molar-refractivity contribution in [3.63, 3.8) is 0 Å². The van der Waals surface area contributed by atoms with Gasteiger partial charge in [0.2, 0.25) is 5.91 Å². The van der Waals surface area contributed by atoms with Crippen molar-refractivity contribution in [2.75, 3.05) is 19.0 Å². The van der Waals surface area contributed by atoms with Crippen molar-refractivity contribution in [3.8, 4) is 0 Å². The quantitative estimate of drug-likeness (QED) is 0.661. The van der Waals surface area contributed by atoms with Crippen molar-refractivity contribution >= 4 is 17.5 Å². The van der Waals surface area contributed by atoms with Gasteiger partial charge in [-0.25, -0.2) is 0 Å². The van der Waals surface area contributed by atoms with Gasteiger partial charge in [0.15, 0.2) is 0 Å². The van der Waals surface area contributed by atoms with Gasteiger partial charge in [0.1, 0.15) is 0 Å². The van der Waals surface area contributed by atoms with Gasteiger partial charge in [0, 0.05) is 25.5 Å². The fourth-order valence-electron chi connectivity index (χ4n) is 2.52. The van der Waals surface area contributed by atoms with Crippen LogP contribution in [0.2, 0.25) is 0 Å². The van der Waals surface area contributed by atoms with E-state index in [0.717, 1.165) is 38.8 Å². The molecule has 1 aliphatic rings. The van der Waals surface area contributed by atoms with Crippen molar-refractivity contribution in [2.45, 2.75) is 59.0 Å². The Balaban J connectivity index is 2.12. The topological polar surface area (TPSA) is 38.3 Å². The van der Waals surface area contributed by atoms with Crippen LogP contribution < -0.4 is 5.32 Å². The standard InChI is InChI=1S/C15H28ClNO2/c1-4-19-13-8-12(9-13)10-14(18)17-11-15(2,3)6-5-7-16/h12-13H,4-11H2,1-3H3,(H,17,18). The zero-order valence-corrected chi connectivity index (χ0v) is 13.3. The molecule has 4 heteroatoms. The summed E-state index contributed by atoms with van der Waals surface area (Å²) >= 11 is 5.71. The molecule has 0 aromatic carbocycles. The number of rotatable bonds is 9. The number of hydrogen-bond acceptors (Lipinski definition) is 2. The van der Waals surface area contributed by atoms with Gasteiger partial charge in [0.05, 0.1) is 6.10 Å². The highest BCUT2D eigenvalue weighted by atomic mass is 35.5. The van der Waals surface area contributed by atoms with E-state index in [-0.39, 0.29) is 11.3 Å². The van der Waals surface area contributed by atoms with Gasteiger partial charge in [-0.2, -0.15) is 0 Å².